The Morgan fingerprint density at radius 2 is 1.71 bits per heavy atom. The van der Waals surface area contributed by atoms with Crippen molar-refractivity contribution in [2.45, 2.75) is 44.1 Å². The van der Waals surface area contributed by atoms with Gasteiger partial charge in [-0.1, -0.05) is 67.4 Å². The maximum absolute atomic E-state index is 12.9. The van der Waals surface area contributed by atoms with Gasteiger partial charge < -0.3 is 20.5 Å². The number of hydrogen-bond acceptors (Lipinski definition) is 4. The molecule has 2 aromatic carbocycles. The molecule has 34 heavy (non-hydrogen) atoms. The molecule has 2 aliphatic rings. The van der Waals surface area contributed by atoms with Crippen LogP contribution in [0, 0.1) is 5.92 Å². The van der Waals surface area contributed by atoms with Crippen molar-refractivity contribution >= 4 is 18.0 Å². The molecule has 2 unspecified atom stereocenters. The molecule has 178 valence electrons. The van der Waals surface area contributed by atoms with Gasteiger partial charge in [0.05, 0.1) is 11.5 Å². The number of carbonyl (C=O) groups excluding carboxylic acids is 2. The van der Waals surface area contributed by atoms with E-state index in [9.17, 15) is 14.4 Å². The Morgan fingerprint density at radius 1 is 1.06 bits per heavy atom. The van der Waals surface area contributed by atoms with E-state index < -0.39 is 23.5 Å². The lowest BCUT2D eigenvalue weighted by Crippen LogP contribution is -2.57. The summed E-state index contributed by atoms with van der Waals surface area (Å²) < 4.78 is 5.70. The molecule has 0 aliphatic heterocycles. The second kappa shape index (κ2) is 10.1. The summed E-state index contributed by atoms with van der Waals surface area (Å²) in [6.45, 7) is 2.22. The van der Waals surface area contributed by atoms with Crippen molar-refractivity contribution < 1.29 is 24.2 Å². The van der Waals surface area contributed by atoms with E-state index in [0.29, 0.717) is 12.8 Å². The molecule has 4 rings (SSSR count). The summed E-state index contributed by atoms with van der Waals surface area (Å²) in [7, 11) is 0. The van der Waals surface area contributed by atoms with Crippen molar-refractivity contribution in [3.63, 3.8) is 0 Å². The lowest BCUT2D eigenvalue weighted by Gasteiger charge is -2.40. The summed E-state index contributed by atoms with van der Waals surface area (Å²) in [5.41, 5.74) is 3.89. The molecular weight excluding hydrogens is 432 g/mol. The standard InChI is InChI=1S/C27H30N2O5/c1-27(15-7-6-13-23(27)25(32)28-16-8-14-24(30)31)29-26(33)34-17-22-20-11-4-2-9-18(20)19-10-3-5-12-21(19)22/h2-5,8-12,14,22-23H,6-7,13,15-17H2,1H3,(H,28,32)(H,29,33)(H,30,31)/b14-8+. The van der Waals surface area contributed by atoms with Crippen molar-refractivity contribution in [1.29, 1.82) is 0 Å². The van der Waals surface area contributed by atoms with Gasteiger partial charge in [0.1, 0.15) is 6.61 Å². The van der Waals surface area contributed by atoms with Crippen LogP contribution >= 0.6 is 0 Å². The second-order valence-corrected chi connectivity index (χ2v) is 9.15. The van der Waals surface area contributed by atoms with E-state index in [1.165, 1.54) is 17.2 Å². The highest BCUT2D eigenvalue weighted by atomic mass is 16.5. The van der Waals surface area contributed by atoms with Crippen LogP contribution < -0.4 is 10.6 Å². The Morgan fingerprint density at radius 3 is 2.35 bits per heavy atom. The summed E-state index contributed by atoms with van der Waals surface area (Å²) in [5, 5.41) is 14.4. The predicted octanol–water partition coefficient (Wildman–Crippen LogP) is 4.23. The Kier molecular flexibility index (Phi) is 7.01. The van der Waals surface area contributed by atoms with Gasteiger partial charge in [0, 0.05) is 18.5 Å². The molecular formula is C27H30N2O5. The molecule has 7 nitrogen and oxygen atoms in total. The van der Waals surface area contributed by atoms with Gasteiger partial charge in [0.15, 0.2) is 0 Å². The highest BCUT2D eigenvalue weighted by Crippen LogP contribution is 2.44. The van der Waals surface area contributed by atoms with Crippen molar-refractivity contribution in [2.75, 3.05) is 13.2 Å². The topological polar surface area (TPSA) is 105 Å². The summed E-state index contributed by atoms with van der Waals surface area (Å²) in [4.78, 5) is 36.3. The van der Waals surface area contributed by atoms with Crippen LogP contribution in [0.1, 0.15) is 49.7 Å². The number of benzene rings is 2. The molecule has 2 aromatic rings. The van der Waals surface area contributed by atoms with Crippen LogP contribution in [0.15, 0.2) is 60.7 Å². The van der Waals surface area contributed by atoms with Gasteiger partial charge in [-0.25, -0.2) is 9.59 Å². The summed E-state index contributed by atoms with van der Waals surface area (Å²) in [6.07, 6.45) is 4.96. The Bertz CT molecular complexity index is 1070. The van der Waals surface area contributed by atoms with Gasteiger partial charge in [0.25, 0.3) is 0 Å². The smallest absolute Gasteiger partial charge is 0.407 e. The first-order valence-electron chi connectivity index (χ1n) is 11.7. The van der Waals surface area contributed by atoms with Crippen LogP contribution in [0.5, 0.6) is 0 Å². The first-order valence-corrected chi connectivity index (χ1v) is 11.7. The fourth-order valence-corrected chi connectivity index (χ4v) is 5.21. The minimum atomic E-state index is -1.06. The second-order valence-electron chi connectivity index (χ2n) is 9.15. The number of nitrogens with one attached hydrogen (secondary N) is 2. The molecule has 1 saturated carbocycles. The maximum atomic E-state index is 12.9. The Balaban J connectivity index is 1.40. The number of rotatable bonds is 7. The number of carboxylic acids is 1. The summed E-state index contributed by atoms with van der Waals surface area (Å²) >= 11 is 0. The summed E-state index contributed by atoms with van der Waals surface area (Å²) in [5.74, 6) is -1.71. The molecule has 1 fully saturated rings. The monoisotopic (exact) mass is 462 g/mol. The number of aliphatic carboxylic acids is 1. The largest absolute Gasteiger partial charge is 0.478 e. The molecule has 0 heterocycles. The van der Waals surface area contributed by atoms with E-state index >= 15 is 0 Å². The molecule has 2 amide bonds. The average molecular weight is 463 g/mol. The summed E-state index contributed by atoms with van der Waals surface area (Å²) in [6, 6.07) is 16.3. The first kappa shape index (κ1) is 23.5. The van der Waals surface area contributed by atoms with Crippen molar-refractivity contribution in [3.8, 4) is 11.1 Å². The maximum Gasteiger partial charge on any atom is 0.407 e. The van der Waals surface area contributed by atoms with Gasteiger partial charge in [0.2, 0.25) is 5.91 Å². The van der Waals surface area contributed by atoms with E-state index in [2.05, 4.69) is 34.9 Å². The van der Waals surface area contributed by atoms with Crippen LogP contribution in [-0.4, -0.2) is 41.8 Å². The third-order valence-electron chi connectivity index (χ3n) is 6.91. The van der Waals surface area contributed by atoms with Gasteiger partial charge in [-0.15, -0.1) is 0 Å². The average Bonchev–Trinajstić information content (AvgIpc) is 3.14. The zero-order valence-corrected chi connectivity index (χ0v) is 19.3. The number of carbonyl (C=O) groups is 3. The van der Waals surface area contributed by atoms with Crippen LogP contribution in [0.3, 0.4) is 0 Å². The van der Waals surface area contributed by atoms with Gasteiger partial charge in [-0.3, -0.25) is 4.79 Å². The quantitative estimate of drug-likeness (QED) is 0.534. The third kappa shape index (κ3) is 4.98. The zero-order chi connectivity index (χ0) is 24.1. The van der Waals surface area contributed by atoms with Gasteiger partial charge in [-0.2, -0.15) is 0 Å². The highest BCUT2D eigenvalue weighted by Gasteiger charge is 2.42. The molecule has 0 aromatic heterocycles. The van der Waals surface area contributed by atoms with Crippen molar-refractivity contribution in [2.24, 2.45) is 5.92 Å². The normalized spacial score (nSPS) is 21.5. The number of fused-ring (bicyclic) bond motifs is 3. The molecule has 3 N–H and O–H groups in total. The minimum Gasteiger partial charge on any atom is -0.478 e. The third-order valence-corrected chi connectivity index (χ3v) is 6.91. The van der Waals surface area contributed by atoms with E-state index in [1.54, 1.807) is 0 Å². The molecule has 2 aliphatic carbocycles. The fraction of sp³-hybridized carbons (Fsp3) is 0.370. The number of carboxylic acid groups (broad SMARTS) is 1. The molecule has 0 spiro atoms. The fourth-order valence-electron chi connectivity index (χ4n) is 5.21. The van der Waals surface area contributed by atoms with Crippen LogP contribution in [0.4, 0.5) is 4.79 Å². The van der Waals surface area contributed by atoms with E-state index in [1.807, 2.05) is 31.2 Å². The van der Waals surface area contributed by atoms with Gasteiger partial charge >= 0.3 is 12.1 Å². The van der Waals surface area contributed by atoms with Crippen LogP contribution in [0.2, 0.25) is 0 Å². The molecule has 0 bridgehead atoms. The number of ether oxygens (including phenoxy) is 1. The van der Waals surface area contributed by atoms with Crippen molar-refractivity contribution in [3.05, 3.63) is 71.8 Å². The molecule has 2 atom stereocenters. The molecule has 7 heteroatoms. The lowest BCUT2D eigenvalue weighted by molar-refractivity contribution is -0.131. The number of alkyl carbamates (subject to hydrolysis) is 1. The zero-order valence-electron chi connectivity index (χ0n) is 19.3. The predicted molar refractivity (Wildman–Crippen MR) is 128 cm³/mol. The van der Waals surface area contributed by atoms with Crippen LogP contribution in [-0.2, 0) is 14.3 Å². The van der Waals surface area contributed by atoms with E-state index in [4.69, 9.17) is 9.84 Å². The Labute approximate surface area is 199 Å². The Hall–Kier alpha value is -3.61. The van der Waals surface area contributed by atoms with Gasteiger partial charge in [-0.05, 0) is 42.0 Å². The number of amides is 2. The van der Waals surface area contributed by atoms with Crippen LogP contribution in [0.25, 0.3) is 11.1 Å². The number of hydrogen-bond donors (Lipinski definition) is 3. The highest BCUT2D eigenvalue weighted by molar-refractivity contribution is 5.83. The first-order chi connectivity index (χ1) is 16.4. The minimum absolute atomic E-state index is 0.0302. The lowest BCUT2D eigenvalue weighted by atomic mass is 9.73. The molecule has 0 radical (unpaired) electrons. The van der Waals surface area contributed by atoms with Crippen molar-refractivity contribution in [1.82, 2.24) is 10.6 Å². The SMILES string of the molecule is CC1(NC(=O)OCC2c3ccccc3-c3ccccc32)CCCCC1C(=O)NC/C=C/C(=O)O. The molecule has 0 saturated heterocycles. The van der Waals surface area contributed by atoms with E-state index in [-0.39, 0.29) is 25.0 Å². The van der Waals surface area contributed by atoms with E-state index in [0.717, 1.165) is 30.0 Å².